The van der Waals surface area contributed by atoms with Gasteiger partial charge in [-0.2, -0.15) is 0 Å². The molecule has 0 saturated heterocycles. The normalized spacial score (nSPS) is 11.7. The summed E-state index contributed by atoms with van der Waals surface area (Å²) in [5, 5.41) is 0. The van der Waals surface area contributed by atoms with Crippen molar-refractivity contribution in [3.8, 4) is 0 Å². The molecule has 1 aromatic heterocycles. The molecule has 3 aromatic rings. The van der Waals surface area contributed by atoms with Crippen LogP contribution in [0.25, 0.3) is 0 Å². The Labute approximate surface area is 175 Å². The van der Waals surface area contributed by atoms with Gasteiger partial charge in [0.15, 0.2) is 4.90 Å². The number of nitrogens with zero attached hydrogens (tertiary/aromatic N) is 2. The Bertz CT molecular complexity index is 1210. The lowest BCUT2D eigenvalue weighted by Crippen LogP contribution is -2.43. The highest BCUT2D eigenvalue weighted by Crippen LogP contribution is 2.27. The van der Waals surface area contributed by atoms with Gasteiger partial charge in [0.2, 0.25) is 10.0 Å². The van der Waals surface area contributed by atoms with Gasteiger partial charge in [-0.15, -0.1) is 0 Å². The van der Waals surface area contributed by atoms with Crippen LogP contribution < -0.4 is 16.0 Å². The Morgan fingerprint density at radius 2 is 1.37 bits per heavy atom. The zero-order chi connectivity index (χ0) is 21.9. The first-order valence-corrected chi connectivity index (χ1v) is 11.1. The second kappa shape index (κ2) is 8.81. The fourth-order valence-corrected chi connectivity index (χ4v) is 4.95. The van der Waals surface area contributed by atoms with Crippen molar-refractivity contribution in [1.82, 2.24) is 13.9 Å². The molecular weight excluding hydrogens is 402 g/mol. The van der Waals surface area contributed by atoms with Crippen LogP contribution in [-0.2, 0) is 24.1 Å². The zero-order valence-corrected chi connectivity index (χ0v) is 18.0. The topological polar surface area (TPSA) is 90.2 Å². The van der Waals surface area contributed by atoms with Gasteiger partial charge in [0, 0.05) is 32.3 Å². The van der Waals surface area contributed by atoms with Crippen LogP contribution in [0.5, 0.6) is 0 Å². The lowest BCUT2D eigenvalue weighted by atomic mass is 9.89. The van der Waals surface area contributed by atoms with E-state index in [9.17, 15) is 18.0 Å². The molecular formula is C22H25N3O4S. The van der Waals surface area contributed by atoms with Crippen molar-refractivity contribution in [3.63, 3.8) is 0 Å². The quantitative estimate of drug-likeness (QED) is 0.624. The maximum absolute atomic E-state index is 12.9. The summed E-state index contributed by atoms with van der Waals surface area (Å²) in [4.78, 5) is 24.1. The standard InChI is InChI=1S/C22H25N3O4S/c1-16-20(21(26)25(3)22(27)24(16)2)30(28,29)23-15-14-19(17-10-6-4-7-11-17)18-12-8-5-9-13-18/h4-13,19,23H,14-15H2,1-3H3. The van der Waals surface area contributed by atoms with Gasteiger partial charge >= 0.3 is 5.69 Å². The average molecular weight is 428 g/mol. The Morgan fingerprint density at radius 3 is 1.87 bits per heavy atom. The van der Waals surface area contributed by atoms with E-state index >= 15 is 0 Å². The van der Waals surface area contributed by atoms with E-state index < -0.39 is 26.2 Å². The van der Waals surface area contributed by atoms with Gasteiger partial charge in [-0.25, -0.2) is 17.9 Å². The maximum atomic E-state index is 12.9. The smallest absolute Gasteiger partial charge is 0.300 e. The van der Waals surface area contributed by atoms with Gasteiger partial charge in [0.25, 0.3) is 5.56 Å². The van der Waals surface area contributed by atoms with Gasteiger partial charge in [0.05, 0.1) is 0 Å². The van der Waals surface area contributed by atoms with Crippen LogP contribution in [0.15, 0.2) is 75.1 Å². The molecule has 2 aromatic carbocycles. The fourth-order valence-electron chi connectivity index (χ4n) is 3.53. The molecule has 8 heteroatoms. The summed E-state index contributed by atoms with van der Waals surface area (Å²) in [6.07, 6.45) is 0.512. The van der Waals surface area contributed by atoms with Crippen molar-refractivity contribution in [2.75, 3.05) is 6.54 Å². The van der Waals surface area contributed by atoms with Crippen LogP contribution in [0, 0.1) is 6.92 Å². The van der Waals surface area contributed by atoms with E-state index in [1.165, 1.54) is 21.0 Å². The molecule has 0 spiro atoms. The molecule has 0 aliphatic heterocycles. The third kappa shape index (κ3) is 4.29. The molecule has 0 fully saturated rings. The van der Waals surface area contributed by atoms with E-state index in [1.807, 2.05) is 60.7 Å². The summed E-state index contributed by atoms with van der Waals surface area (Å²) in [5.41, 5.74) is 0.878. The van der Waals surface area contributed by atoms with E-state index in [2.05, 4.69) is 4.72 Å². The van der Waals surface area contributed by atoms with Crippen LogP contribution in [0.3, 0.4) is 0 Å². The fraction of sp³-hybridized carbons (Fsp3) is 0.273. The van der Waals surface area contributed by atoms with E-state index in [0.717, 1.165) is 20.3 Å². The first kappa shape index (κ1) is 21.7. The first-order chi connectivity index (χ1) is 14.2. The van der Waals surface area contributed by atoms with Gasteiger partial charge in [-0.05, 0) is 24.5 Å². The van der Waals surface area contributed by atoms with Crippen molar-refractivity contribution in [2.24, 2.45) is 14.1 Å². The number of sulfonamides is 1. The van der Waals surface area contributed by atoms with Gasteiger partial charge in [-0.3, -0.25) is 13.9 Å². The lowest BCUT2D eigenvalue weighted by Gasteiger charge is -2.19. The summed E-state index contributed by atoms with van der Waals surface area (Å²) in [7, 11) is -1.38. The van der Waals surface area contributed by atoms with E-state index in [4.69, 9.17) is 0 Å². The molecule has 1 N–H and O–H groups in total. The predicted octanol–water partition coefficient (Wildman–Crippen LogP) is 1.89. The van der Waals surface area contributed by atoms with Crippen molar-refractivity contribution in [1.29, 1.82) is 0 Å². The summed E-state index contributed by atoms with van der Waals surface area (Å²) in [6.45, 7) is 1.59. The molecule has 3 rings (SSSR count). The third-order valence-electron chi connectivity index (χ3n) is 5.30. The second-order valence-electron chi connectivity index (χ2n) is 7.18. The Balaban J connectivity index is 1.87. The van der Waals surface area contributed by atoms with E-state index in [1.54, 1.807) is 0 Å². The zero-order valence-electron chi connectivity index (χ0n) is 17.2. The Morgan fingerprint density at radius 1 is 0.867 bits per heavy atom. The molecule has 0 aliphatic carbocycles. The number of benzene rings is 2. The van der Waals surface area contributed by atoms with E-state index in [-0.39, 0.29) is 18.2 Å². The second-order valence-corrected chi connectivity index (χ2v) is 8.88. The maximum Gasteiger partial charge on any atom is 0.330 e. The van der Waals surface area contributed by atoms with Gasteiger partial charge in [-0.1, -0.05) is 60.7 Å². The minimum absolute atomic E-state index is 0.000779. The van der Waals surface area contributed by atoms with Crippen molar-refractivity contribution < 1.29 is 8.42 Å². The Kier molecular flexibility index (Phi) is 6.38. The molecule has 0 atom stereocenters. The SMILES string of the molecule is Cc1c(S(=O)(=O)NCCC(c2ccccc2)c2ccccc2)c(=O)n(C)c(=O)n1C. The largest absolute Gasteiger partial charge is 0.330 e. The lowest BCUT2D eigenvalue weighted by molar-refractivity contribution is 0.561. The summed E-state index contributed by atoms with van der Waals surface area (Å²) in [6, 6.07) is 19.7. The predicted molar refractivity (Wildman–Crippen MR) is 116 cm³/mol. The summed E-state index contributed by atoms with van der Waals surface area (Å²) in [5.74, 6) is -0.000779. The van der Waals surface area contributed by atoms with Gasteiger partial charge in [0.1, 0.15) is 0 Å². The van der Waals surface area contributed by atoms with Crippen LogP contribution in [0.4, 0.5) is 0 Å². The number of hydrogen-bond donors (Lipinski definition) is 1. The molecule has 30 heavy (non-hydrogen) atoms. The minimum atomic E-state index is -4.09. The highest BCUT2D eigenvalue weighted by Gasteiger charge is 2.25. The number of nitrogens with one attached hydrogen (secondary N) is 1. The van der Waals surface area contributed by atoms with Crippen LogP contribution in [-0.4, -0.2) is 24.1 Å². The van der Waals surface area contributed by atoms with Crippen LogP contribution >= 0.6 is 0 Å². The summed E-state index contributed by atoms with van der Waals surface area (Å²) >= 11 is 0. The molecule has 0 saturated carbocycles. The van der Waals surface area contributed by atoms with Crippen molar-refractivity contribution >= 4 is 10.0 Å². The highest BCUT2D eigenvalue weighted by molar-refractivity contribution is 7.89. The molecule has 0 radical (unpaired) electrons. The number of hydrogen-bond acceptors (Lipinski definition) is 4. The van der Waals surface area contributed by atoms with Gasteiger partial charge < -0.3 is 0 Å². The molecule has 0 aliphatic rings. The first-order valence-electron chi connectivity index (χ1n) is 9.60. The highest BCUT2D eigenvalue weighted by atomic mass is 32.2. The third-order valence-corrected chi connectivity index (χ3v) is 6.89. The minimum Gasteiger partial charge on any atom is -0.300 e. The average Bonchev–Trinajstić information content (AvgIpc) is 2.75. The molecule has 1 heterocycles. The molecule has 7 nitrogen and oxygen atoms in total. The Hall–Kier alpha value is -2.97. The molecule has 0 amide bonds. The monoisotopic (exact) mass is 427 g/mol. The molecule has 0 unspecified atom stereocenters. The van der Waals surface area contributed by atoms with Crippen molar-refractivity contribution in [2.45, 2.75) is 24.2 Å². The van der Waals surface area contributed by atoms with Crippen molar-refractivity contribution in [3.05, 3.63) is 98.3 Å². The van der Waals surface area contributed by atoms with Crippen LogP contribution in [0.1, 0.15) is 29.2 Å². The molecule has 158 valence electrons. The van der Waals surface area contributed by atoms with E-state index in [0.29, 0.717) is 6.42 Å². The molecule has 0 bridgehead atoms. The summed E-state index contributed by atoms with van der Waals surface area (Å²) < 4.78 is 30.3. The number of rotatable bonds is 7. The number of aromatic nitrogens is 2. The van der Waals surface area contributed by atoms with Crippen LogP contribution in [0.2, 0.25) is 0 Å².